The van der Waals surface area contributed by atoms with Crippen LogP contribution in [0.1, 0.15) is 21.5 Å². The van der Waals surface area contributed by atoms with Crippen molar-refractivity contribution in [3.63, 3.8) is 0 Å². The molecule has 1 aliphatic heterocycles. The summed E-state index contributed by atoms with van der Waals surface area (Å²) < 4.78 is 26.6. The zero-order valence-corrected chi connectivity index (χ0v) is 18.8. The van der Waals surface area contributed by atoms with E-state index in [0.29, 0.717) is 27.8 Å². The first-order valence-electron chi connectivity index (χ1n) is 10.5. The van der Waals surface area contributed by atoms with E-state index in [1.165, 1.54) is 24.3 Å². The number of nitrogens with one attached hydrogen (secondary N) is 1. The molecule has 34 heavy (non-hydrogen) atoms. The third kappa shape index (κ3) is 5.68. The highest BCUT2D eigenvalue weighted by atomic mass is 32.1. The topological polar surface area (TPSA) is 49.4 Å². The largest absolute Gasteiger partial charge is 0.340 e. The van der Waals surface area contributed by atoms with E-state index in [2.05, 4.69) is 5.32 Å². The van der Waals surface area contributed by atoms with E-state index in [4.69, 9.17) is 12.2 Å². The van der Waals surface area contributed by atoms with Gasteiger partial charge in [0.15, 0.2) is 10.9 Å². The Hall–Kier alpha value is -3.97. The number of ketones is 1. The highest BCUT2D eigenvalue weighted by Crippen LogP contribution is 2.23. The third-order valence-electron chi connectivity index (χ3n) is 5.27. The molecule has 3 aromatic carbocycles. The van der Waals surface area contributed by atoms with Crippen LogP contribution in [0.5, 0.6) is 0 Å². The summed E-state index contributed by atoms with van der Waals surface area (Å²) in [6.07, 6.45) is 3.35. The molecule has 0 saturated carbocycles. The molecule has 7 heteroatoms. The molecule has 3 aromatic rings. The molecule has 0 unspecified atom stereocenters. The summed E-state index contributed by atoms with van der Waals surface area (Å²) in [5, 5.41) is 2.90. The molecular formula is C27H20F2N2O2S. The molecule has 4 nitrogen and oxygen atoms in total. The summed E-state index contributed by atoms with van der Waals surface area (Å²) in [6.45, 7) is 0.343. The van der Waals surface area contributed by atoms with E-state index in [9.17, 15) is 18.4 Å². The first-order valence-corrected chi connectivity index (χ1v) is 10.9. The van der Waals surface area contributed by atoms with E-state index in [-0.39, 0.29) is 41.5 Å². The van der Waals surface area contributed by atoms with Crippen molar-refractivity contribution in [3.05, 3.63) is 118 Å². The quantitative estimate of drug-likeness (QED) is 0.427. The monoisotopic (exact) mass is 474 g/mol. The Morgan fingerprint density at radius 2 is 1.26 bits per heavy atom. The molecule has 1 amide bonds. The van der Waals surface area contributed by atoms with Crippen molar-refractivity contribution in [2.45, 2.75) is 0 Å². The van der Waals surface area contributed by atoms with Crippen molar-refractivity contribution in [2.24, 2.45) is 0 Å². The molecule has 1 N–H and O–H groups in total. The smallest absolute Gasteiger partial charge is 0.257 e. The number of benzene rings is 3. The number of thiocarbonyl (C=S) groups is 1. The minimum Gasteiger partial charge on any atom is -0.340 e. The molecule has 1 aliphatic rings. The van der Waals surface area contributed by atoms with Gasteiger partial charge in [-0.05, 0) is 71.9 Å². The Kier molecular flexibility index (Phi) is 7.04. The first kappa shape index (κ1) is 23.2. The van der Waals surface area contributed by atoms with Crippen molar-refractivity contribution < 1.29 is 18.4 Å². The predicted molar refractivity (Wildman–Crippen MR) is 132 cm³/mol. The number of nitrogens with zero attached hydrogens (tertiary/aromatic N) is 1. The molecule has 0 bridgehead atoms. The van der Waals surface area contributed by atoms with E-state index >= 15 is 0 Å². The number of hydrogen-bond acceptors (Lipinski definition) is 3. The van der Waals surface area contributed by atoms with E-state index in [1.807, 2.05) is 6.07 Å². The van der Waals surface area contributed by atoms with Gasteiger partial charge in [-0.2, -0.15) is 0 Å². The number of carbonyl (C=O) groups is 2. The lowest BCUT2D eigenvalue weighted by molar-refractivity contribution is -0.113. The lowest BCUT2D eigenvalue weighted by Crippen LogP contribution is -2.48. The number of piperidine rings is 1. The third-order valence-corrected chi connectivity index (χ3v) is 5.63. The first-order chi connectivity index (χ1) is 16.4. The molecule has 0 aliphatic carbocycles. The second kappa shape index (κ2) is 10.3. The average Bonchev–Trinajstić information content (AvgIpc) is 2.84. The fraction of sp³-hybridized carbons (Fsp3) is 0.0741. The molecule has 0 atom stereocenters. The van der Waals surface area contributed by atoms with Crippen LogP contribution in [-0.2, 0) is 4.79 Å². The fourth-order valence-electron chi connectivity index (χ4n) is 3.54. The van der Waals surface area contributed by atoms with Crippen LogP contribution >= 0.6 is 12.2 Å². The highest BCUT2D eigenvalue weighted by molar-refractivity contribution is 7.80. The van der Waals surface area contributed by atoms with Crippen molar-refractivity contribution in [2.75, 3.05) is 13.1 Å². The van der Waals surface area contributed by atoms with E-state index < -0.39 is 0 Å². The van der Waals surface area contributed by atoms with Gasteiger partial charge in [-0.1, -0.05) is 42.5 Å². The van der Waals surface area contributed by atoms with Gasteiger partial charge in [0.05, 0.1) is 0 Å². The zero-order chi connectivity index (χ0) is 24.1. The SMILES string of the molecule is O=C1/C(=C/c2ccc(F)cc2)CN(C(=S)NC(=O)c2ccccc2)C/C1=C\c1ccc(F)cc1. The van der Waals surface area contributed by atoms with Crippen molar-refractivity contribution in [1.82, 2.24) is 10.2 Å². The van der Waals surface area contributed by atoms with Crippen LogP contribution in [0.3, 0.4) is 0 Å². The van der Waals surface area contributed by atoms with Gasteiger partial charge in [0.1, 0.15) is 11.6 Å². The number of hydrogen-bond donors (Lipinski definition) is 1. The van der Waals surface area contributed by atoms with Gasteiger partial charge in [0, 0.05) is 29.8 Å². The predicted octanol–water partition coefficient (Wildman–Crippen LogP) is 5.03. The Labute approximate surface area is 201 Å². The van der Waals surface area contributed by atoms with Crippen LogP contribution in [0.4, 0.5) is 8.78 Å². The summed E-state index contributed by atoms with van der Waals surface area (Å²) in [5.41, 5.74) is 2.64. The molecule has 1 saturated heterocycles. The maximum absolute atomic E-state index is 13.3. The lowest BCUT2D eigenvalue weighted by atomic mass is 9.94. The van der Waals surface area contributed by atoms with Gasteiger partial charge < -0.3 is 4.90 Å². The summed E-state index contributed by atoms with van der Waals surface area (Å²) >= 11 is 5.49. The fourth-order valence-corrected chi connectivity index (χ4v) is 3.76. The molecule has 0 spiro atoms. The molecular weight excluding hydrogens is 454 g/mol. The number of carbonyl (C=O) groups excluding carboxylic acids is 2. The number of likely N-dealkylation sites (tertiary alicyclic amines) is 1. The summed E-state index contributed by atoms with van der Waals surface area (Å²) in [5.74, 6) is -1.29. The van der Waals surface area contributed by atoms with Crippen LogP contribution in [0.15, 0.2) is 90.0 Å². The Bertz CT molecular complexity index is 1220. The molecule has 1 heterocycles. The second-order valence-electron chi connectivity index (χ2n) is 7.75. The Balaban J connectivity index is 1.63. The van der Waals surface area contributed by atoms with Crippen LogP contribution in [0.2, 0.25) is 0 Å². The minimum absolute atomic E-state index is 0.171. The summed E-state index contributed by atoms with van der Waals surface area (Å²) in [7, 11) is 0. The van der Waals surface area contributed by atoms with E-state index in [0.717, 1.165) is 0 Å². The molecule has 0 radical (unpaired) electrons. The molecule has 4 rings (SSSR count). The van der Waals surface area contributed by atoms with Gasteiger partial charge in [-0.25, -0.2) is 8.78 Å². The summed E-state index contributed by atoms with van der Waals surface area (Å²) in [4.78, 5) is 27.5. The molecule has 0 aromatic heterocycles. The number of amides is 1. The average molecular weight is 475 g/mol. The maximum Gasteiger partial charge on any atom is 0.257 e. The number of halogens is 2. The van der Waals surface area contributed by atoms with Crippen molar-refractivity contribution in [1.29, 1.82) is 0 Å². The van der Waals surface area contributed by atoms with Gasteiger partial charge in [-0.15, -0.1) is 0 Å². The van der Waals surface area contributed by atoms with Crippen LogP contribution in [-0.4, -0.2) is 34.8 Å². The molecule has 170 valence electrons. The second-order valence-corrected chi connectivity index (χ2v) is 8.14. The Morgan fingerprint density at radius 1 is 0.794 bits per heavy atom. The normalized spacial score (nSPS) is 16.1. The van der Waals surface area contributed by atoms with Crippen LogP contribution in [0.25, 0.3) is 12.2 Å². The summed E-state index contributed by atoms with van der Waals surface area (Å²) in [6, 6.07) is 20.2. The minimum atomic E-state index is -0.375. The molecule has 1 fully saturated rings. The Morgan fingerprint density at radius 3 is 1.74 bits per heavy atom. The van der Waals surface area contributed by atoms with Gasteiger partial charge in [0.2, 0.25) is 0 Å². The highest BCUT2D eigenvalue weighted by Gasteiger charge is 2.28. The van der Waals surface area contributed by atoms with Gasteiger partial charge in [-0.3, -0.25) is 14.9 Å². The standard InChI is InChI=1S/C27H20F2N2O2S/c28-23-10-6-18(7-11-23)14-21-16-31(27(34)30-26(33)20-4-2-1-3-5-20)17-22(25(21)32)15-19-8-12-24(29)13-9-19/h1-15H,16-17H2,(H,30,33,34)/b21-14+,22-15+. The van der Waals surface area contributed by atoms with Gasteiger partial charge in [0.25, 0.3) is 5.91 Å². The number of Topliss-reactive ketones (excluding diaryl/α,β-unsaturated/α-hetero) is 1. The van der Waals surface area contributed by atoms with Gasteiger partial charge >= 0.3 is 0 Å². The van der Waals surface area contributed by atoms with Crippen molar-refractivity contribution in [3.8, 4) is 0 Å². The van der Waals surface area contributed by atoms with Crippen LogP contribution in [0, 0.1) is 11.6 Å². The number of rotatable bonds is 3. The lowest BCUT2D eigenvalue weighted by Gasteiger charge is -2.31. The maximum atomic E-state index is 13.3. The van der Waals surface area contributed by atoms with E-state index in [1.54, 1.807) is 65.6 Å². The van der Waals surface area contributed by atoms with Crippen LogP contribution < -0.4 is 5.32 Å². The zero-order valence-electron chi connectivity index (χ0n) is 18.0. The van der Waals surface area contributed by atoms with Crippen molar-refractivity contribution >= 4 is 41.2 Å².